The van der Waals surface area contributed by atoms with Gasteiger partial charge in [0.2, 0.25) is 0 Å². The maximum Gasteiger partial charge on any atom is 0.160 e. The number of aromatic nitrogens is 4. The first-order valence-corrected chi connectivity index (χ1v) is 15.0. The largest absolute Gasteiger partial charge is 0.377 e. The first kappa shape index (κ1) is 22.3. The third-order valence-corrected chi connectivity index (χ3v) is 7.64. The molecule has 0 unspecified atom stereocenters. The monoisotopic (exact) mass is 461 g/mol. The zero-order valence-corrected chi connectivity index (χ0v) is 20.8. The van der Waals surface area contributed by atoms with Gasteiger partial charge in [-0.05, 0) is 25.5 Å². The van der Waals surface area contributed by atoms with Crippen LogP contribution in [0.2, 0.25) is 30.7 Å². The minimum Gasteiger partial charge on any atom is -0.377 e. The third-order valence-electron chi connectivity index (χ3n) is 5.64. The summed E-state index contributed by atoms with van der Waals surface area (Å²) >= 11 is 6.71. The van der Waals surface area contributed by atoms with E-state index in [-0.39, 0.29) is 6.04 Å². The lowest BCUT2D eigenvalue weighted by molar-refractivity contribution is 0.0785. The summed E-state index contributed by atoms with van der Waals surface area (Å²) < 4.78 is 15.3. The molecule has 168 valence electrons. The van der Waals surface area contributed by atoms with Crippen molar-refractivity contribution >= 4 is 36.5 Å². The molecule has 3 aromatic rings. The van der Waals surface area contributed by atoms with E-state index in [0.29, 0.717) is 25.0 Å². The van der Waals surface area contributed by atoms with Gasteiger partial charge in [0, 0.05) is 51.1 Å². The molecular weight excluding hydrogens is 430 g/mol. The van der Waals surface area contributed by atoms with E-state index in [1.165, 1.54) is 0 Å². The van der Waals surface area contributed by atoms with Gasteiger partial charge in [0.05, 0.1) is 24.3 Å². The molecule has 9 heteroatoms. The molecule has 3 aromatic heterocycles. The lowest BCUT2D eigenvalue weighted by Gasteiger charge is -2.34. The van der Waals surface area contributed by atoms with Gasteiger partial charge in [-0.1, -0.05) is 31.2 Å². The molecule has 31 heavy (non-hydrogen) atoms. The third kappa shape index (κ3) is 4.97. The topological polar surface area (TPSA) is 57.3 Å². The Balaban J connectivity index is 1.60. The highest BCUT2D eigenvalue weighted by Gasteiger charge is 2.23. The highest BCUT2D eigenvalue weighted by Crippen LogP contribution is 2.33. The summed E-state index contributed by atoms with van der Waals surface area (Å²) in [5, 5.41) is 6.39. The summed E-state index contributed by atoms with van der Waals surface area (Å²) in [4.78, 5) is 7.25. The smallest absolute Gasteiger partial charge is 0.160 e. The van der Waals surface area contributed by atoms with Crippen LogP contribution in [0.5, 0.6) is 0 Å². The molecule has 4 heterocycles. The van der Waals surface area contributed by atoms with Gasteiger partial charge in [-0.2, -0.15) is 5.10 Å². The van der Waals surface area contributed by atoms with E-state index in [9.17, 15) is 0 Å². The Morgan fingerprint density at radius 2 is 2.10 bits per heavy atom. The van der Waals surface area contributed by atoms with Gasteiger partial charge in [-0.3, -0.25) is 4.57 Å². The number of morpholine rings is 1. The van der Waals surface area contributed by atoms with Crippen LogP contribution in [0.1, 0.15) is 12.5 Å². The Morgan fingerprint density at radius 3 is 2.84 bits per heavy atom. The lowest BCUT2D eigenvalue weighted by atomic mass is 10.2. The van der Waals surface area contributed by atoms with Crippen molar-refractivity contribution in [2.45, 2.75) is 52.3 Å². The molecule has 1 fully saturated rings. The van der Waals surface area contributed by atoms with Crippen molar-refractivity contribution in [3.8, 4) is 5.82 Å². The molecule has 0 saturated carbocycles. The van der Waals surface area contributed by atoms with E-state index in [4.69, 9.17) is 31.2 Å². The van der Waals surface area contributed by atoms with E-state index >= 15 is 0 Å². The highest BCUT2D eigenvalue weighted by molar-refractivity contribution is 6.76. The van der Waals surface area contributed by atoms with Gasteiger partial charge in [-0.25, -0.2) is 9.67 Å². The second kappa shape index (κ2) is 8.94. The van der Waals surface area contributed by atoms with E-state index in [0.717, 1.165) is 47.4 Å². The van der Waals surface area contributed by atoms with Crippen molar-refractivity contribution in [1.82, 2.24) is 19.3 Å². The van der Waals surface area contributed by atoms with Crippen LogP contribution < -0.4 is 4.90 Å². The van der Waals surface area contributed by atoms with Crippen LogP contribution in [0.25, 0.3) is 16.9 Å². The van der Waals surface area contributed by atoms with Gasteiger partial charge in [0.1, 0.15) is 18.2 Å². The first-order valence-electron chi connectivity index (χ1n) is 10.9. The standard InChI is InChI=1S/C22H32ClN5O2Si/c1-16-13-28(19-6-7-26(25-19)15-30-10-11-31(3,4)5)22-21(16)18(23)12-20(24-22)27-8-9-29-14-17(27)2/h6-7,12-13,17H,8-11,14-15H2,1-5H3/t17-/m1/s1. The number of nitrogens with zero attached hydrogens (tertiary/aromatic N) is 5. The van der Waals surface area contributed by atoms with Crippen molar-refractivity contribution in [2.75, 3.05) is 31.3 Å². The molecule has 1 atom stereocenters. The van der Waals surface area contributed by atoms with Crippen molar-refractivity contribution in [3.63, 3.8) is 0 Å². The molecule has 0 N–H and O–H groups in total. The number of hydrogen-bond acceptors (Lipinski definition) is 5. The van der Waals surface area contributed by atoms with Crippen LogP contribution in [0.15, 0.2) is 24.5 Å². The van der Waals surface area contributed by atoms with Crippen LogP contribution in [-0.4, -0.2) is 59.8 Å². The highest BCUT2D eigenvalue weighted by atomic mass is 35.5. The predicted molar refractivity (Wildman–Crippen MR) is 128 cm³/mol. The fourth-order valence-electron chi connectivity index (χ4n) is 3.82. The summed E-state index contributed by atoms with van der Waals surface area (Å²) in [5.74, 6) is 1.68. The summed E-state index contributed by atoms with van der Waals surface area (Å²) in [6.07, 6.45) is 4.00. The summed E-state index contributed by atoms with van der Waals surface area (Å²) in [5.41, 5.74) is 1.90. The van der Waals surface area contributed by atoms with Crippen molar-refractivity contribution < 1.29 is 9.47 Å². The predicted octanol–water partition coefficient (Wildman–Crippen LogP) is 4.72. The number of fused-ring (bicyclic) bond motifs is 1. The molecule has 0 aromatic carbocycles. The Bertz CT molecular complexity index is 1060. The number of rotatable bonds is 7. The number of anilines is 1. The minimum atomic E-state index is -1.09. The Hall–Kier alpha value is -1.87. The molecule has 1 aliphatic heterocycles. The molecule has 1 aliphatic rings. The van der Waals surface area contributed by atoms with Crippen LogP contribution >= 0.6 is 11.6 Å². The van der Waals surface area contributed by atoms with E-state index in [2.05, 4.69) is 44.6 Å². The maximum atomic E-state index is 6.71. The zero-order valence-electron chi connectivity index (χ0n) is 19.1. The summed E-state index contributed by atoms with van der Waals surface area (Å²) in [6, 6.07) is 5.36. The molecule has 0 amide bonds. The number of aryl methyl sites for hydroxylation is 1. The lowest BCUT2D eigenvalue weighted by Crippen LogP contribution is -2.44. The van der Waals surface area contributed by atoms with Gasteiger partial charge < -0.3 is 14.4 Å². The molecule has 4 rings (SSSR count). The Morgan fingerprint density at radius 1 is 1.29 bits per heavy atom. The van der Waals surface area contributed by atoms with Gasteiger partial charge in [0.15, 0.2) is 5.82 Å². The van der Waals surface area contributed by atoms with Crippen LogP contribution in [0.3, 0.4) is 0 Å². The van der Waals surface area contributed by atoms with E-state index < -0.39 is 8.07 Å². The van der Waals surface area contributed by atoms with Crippen LogP contribution in [-0.2, 0) is 16.2 Å². The minimum absolute atomic E-state index is 0.256. The normalized spacial score (nSPS) is 17.6. The zero-order chi connectivity index (χ0) is 22.2. The Kier molecular flexibility index (Phi) is 6.44. The molecule has 1 saturated heterocycles. The Labute approximate surface area is 189 Å². The van der Waals surface area contributed by atoms with E-state index in [1.807, 2.05) is 27.6 Å². The molecule has 7 nitrogen and oxygen atoms in total. The quantitative estimate of drug-likeness (QED) is 0.376. The average Bonchev–Trinajstić information content (AvgIpc) is 3.29. The summed E-state index contributed by atoms with van der Waals surface area (Å²) in [6.45, 7) is 14.7. The number of pyridine rings is 1. The van der Waals surface area contributed by atoms with Crippen molar-refractivity contribution in [2.24, 2.45) is 0 Å². The van der Waals surface area contributed by atoms with Gasteiger partial charge in [0.25, 0.3) is 0 Å². The van der Waals surface area contributed by atoms with Gasteiger partial charge >= 0.3 is 0 Å². The molecule has 0 aliphatic carbocycles. The van der Waals surface area contributed by atoms with Crippen molar-refractivity contribution in [1.29, 1.82) is 0 Å². The second-order valence-electron chi connectivity index (χ2n) is 9.52. The summed E-state index contributed by atoms with van der Waals surface area (Å²) in [7, 11) is -1.09. The molecule has 0 bridgehead atoms. The molecule has 0 spiro atoms. The fourth-order valence-corrected chi connectivity index (χ4v) is 4.91. The molecular formula is C22H32ClN5O2Si. The average molecular weight is 462 g/mol. The number of hydrogen-bond donors (Lipinski definition) is 0. The van der Waals surface area contributed by atoms with Crippen LogP contribution in [0, 0.1) is 6.92 Å². The number of halogens is 1. The second-order valence-corrected chi connectivity index (χ2v) is 15.6. The first-order chi connectivity index (χ1) is 14.7. The SMILES string of the molecule is Cc1cn(-c2ccn(COCC[Si](C)(C)C)n2)c2nc(N3CCOC[C@H]3C)cc(Cl)c12. The van der Waals surface area contributed by atoms with Crippen molar-refractivity contribution in [3.05, 3.63) is 35.1 Å². The van der Waals surface area contributed by atoms with Crippen LogP contribution in [0.4, 0.5) is 5.82 Å². The maximum absolute atomic E-state index is 6.71. The van der Waals surface area contributed by atoms with Gasteiger partial charge in [-0.15, -0.1) is 0 Å². The molecule has 0 radical (unpaired) electrons. The fraction of sp³-hybridized carbons (Fsp3) is 0.545. The number of ether oxygens (including phenoxy) is 2. The van der Waals surface area contributed by atoms with E-state index in [1.54, 1.807) is 0 Å².